The summed E-state index contributed by atoms with van der Waals surface area (Å²) in [5.41, 5.74) is 1.01. The summed E-state index contributed by atoms with van der Waals surface area (Å²) >= 11 is 1.33. The maximum atomic E-state index is 13.7. The molecule has 2 aliphatic rings. The molecule has 5 atom stereocenters. The van der Waals surface area contributed by atoms with Crippen LogP contribution in [0.3, 0.4) is 0 Å². The van der Waals surface area contributed by atoms with Gasteiger partial charge >= 0.3 is 6.09 Å². The molecule has 210 valence electrons. The molecule has 2 fully saturated rings. The van der Waals surface area contributed by atoms with Crippen LogP contribution in [0, 0.1) is 11.8 Å². The first-order chi connectivity index (χ1) is 18.6. The number of aliphatic hydroxyl groups is 1. The normalized spacial score (nSPS) is 21.0. The Bertz CT molecular complexity index is 1200. The fourth-order valence-corrected chi connectivity index (χ4v) is 6.14. The maximum absolute atomic E-state index is 13.7. The molecule has 0 radical (unpaired) electrons. The summed E-state index contributed by atoms with van der Waals surface area (Å²) in [7, 11) is 0. The van der Waals surface area contributed by atoms with Crippen LogP contribution in [0.2, 0.25) is 0 Å². The second-order valence-electron chi connectivity index (χ2n) is 10.8. The van der Waals surface area contributed by atoms with Crippen LogP contribution in [0.4, 0.5) is 4.79 Å². The van der Waals surface area contributed by atoms with Gasteiger partial charge in [0.15, 0.2) is 10.8 Å². The van der Waals surface area contributed by atoms with E-state index in [0.29, 0.717) is 30.9 Å². The van der Waals surface area contributed by atoms with Gasteiger partial charge < -0.3 is 25.0 Å². The van der Waals surface area contributed by atoms with Crippen molar-refractivity contribution in [2.24, 2.45) is 11.8 Å². The van der Waals surface area contributed by atoms with E-state index < -0.39 is 36.2 Å². The van der Waals surface area contributed by atoms with Gasteiger partial charge in [-0.15, -0.1) is 0 Å². The summed E-state index contributed by atoms with van der Waals surface area (Å²) in [6, 6.07) is 11.2. The van der Waals surface area contributed by atoms with Crippen LogP contribution >= 0.6 is 11.3 Å². The van der Waals surface area contributed by atoms with E-state index in [1.165, 1.54) is 21.1 Å². The van der Waals surface area contributed by atoms with Gasteiger partial charge in [0.25, 0.3) is 5.91 Å². The quantitative estimate of drug-likeness (QED) is 0.487. The van der Waals surface area contributed by atoms with Crippen molar-refractivity contribution < 1.29 is 29.0 Å². The molecule has 2 N–H and O–H groups in total. The zero-order valence-corrected chi connectivity index (χ0v) is 23.6. The number of aliphatic hydroxyl groups excluding tert-OH is 1. The molecule has 5 unspecified atom stereocenters. The fraction of sp³-hybridized carbons (Fsp3) is 0.517. The SMILES string of the molecule is CCC(C)C(O)C(=O)N1CC(=O)C2C1CCN2C(=O)C(CC(C)C)NC(=O)Oc1ccc(-c2ccccc2)s1. The summed E-state index contributed by atoms with van der Waals surface area (Å²) < 4.78 is 5.51. The van der Waals surface area contributed by atoms with E-state index in [1.54, 1.807) is 13.0 Å². The number of rotatable bonds is 9. The van der Waals surface area contributed by atoms with Crippen LogP contribution in [0.15, 0.2) is 42.5 Å². The molecule has 2 saturated heterocycles. The third kappa shape index (κ3) is 6.33. The van der Waals surface area contributed by atoms with Crippen LogP contribution in [0.5, 0.6) is 5.06 Å². The summed E-state index contributed by atoms with van der Waals surface area (Å²) in [5.74, 6) is -1.20. The molecule has 2 aromatic rings. The minimum atomic E-state index is -1.18. The van der Waals surface area contributed by atoms with E-state index in [2.05, 4.69) is 5.32 Å². The number of nitrogens with one attached hydrogen (secondary N) is 1. The highest BCUT2D eigenvalue weighted by molar-refractivity contribution is 7.17. The third-order valence-electron chi connectivity index (χ3n) is 7.55. The molecule has 0 bridgehead atoms. The largest absolute Gasteiger partial charge is 0.414 e. The zero-order chi connectivity index (χ0) is 28.3. The highest BCUT2D eigenvalue weighted by atomic mass is 32.1. The Morgan fingerprint density at radius 2 is 1.79 bits per heavy atom. The van der Waals surface area contributed by atoms with Gasteiger partial charge in [-0.1, -0.05) is 75.8 Å². The number of thiophene rings is 1. The van der Waals surface area contributed by atoms with Gasteiger partial charge in [-0.25, -0.2) is 4.79 Å². The molecule has 0 aliphatic carbocycles. The number of hydrogen-bond donors (Lipinski definition) is 2. The molecule has 0 saturated carbocycles. The van der Waals surface area contributed by atoms with Crippen molar-refractivity contribution in [1.82, 2.24) is 15.1 Å². The highest BCUT2D eigenvalue weighted by Gasteiger charge is 2.53. The predicted octanol–water partition coefficient (Wildman–Crippen LogP) is 3.71. The maximum Gasteiger partial charge on any atom is 0.414 e. The average molecular weight is 556 g/mol. The van der Waals surface area contributed by atoms with Crippen molar-refractivity contribution >= 4 is 35.0 Å². The third-order valence-corrected chi connectivity index (χ3v) is 8.57. The van der Waals surface area contributed by atoms with Crippen molar-refractivity contribution in [2.75, 3.05) is 13.1 Å². The van der Waals surface area contributed by atoms with Gasteiger partial charge in [-0.05, 0) is 42.4 Å². The number of ether oxygens (including phenoxy) is 1. The van der Waals surface area contributed by atoms with E-state index in [-0.39, 0.29) is 30.1 Å². The van der Waals surface area contributed by atoms with Crippen molar-refractivity contribution in [3.8, 4) is 15.5 Å². The lowest BCUT2D eigenvalue weighted by atomic mass is 10.00. The van der Waals surface area contributed by atoms with Crippen molar-refractivity contribution in [2.45, 2.75) is 71.2 Å². The minimum Gasteiger partial charge on any atom is -0.399 e. The van der Waals surface area contributed by atoms with Crippen molar-refractivity contribution in [3.05, 3.63) is 42.5 Å². The number of likely N-dealkylation sites (tertiary alicyclic amines) is 2. The number of benzene rings is 1. The van der Waals surface area contributed by atoms with Gasteiger partial charge in [0, 0.05) is 11.4 Å². The topological polar surface area (TPSA) is 116 Å². The first-order valence-electron chi connectivity index (χ1n) is 13.6. The first kappa shape index (κ1) is 28.8. The highest BCUT2D eigenvalue weighted by Crippen LogP contribution is 2.34. The molecule has 3 heterocycles. The summed E-state index contributed by atoms with van der Waals surface area (Å²) in [4.78, 5) is 56.3. The van der Waals surface area contributed by atoms with Crippen LogP contribution < -0.4 is 10.1 Å². The molecule has 3 amide bonds. The monoisotopic (exact) mass is 555 g/mol. The van der Waals surface area contributed by atoms with E-state index in [4.69, 9.17) is 4.74 Å². The smallest absolute Gasteiger partial charge is 0.399 e. The number of Topliss-reactive ketones (excluding diaryl/α,β-unsaturated/α-hetero) is 1. The number of amides is 3. The zero-order valence-electron chi connectivity index (χ0n) is 22.8. The van der Waals surface area contributed by atoms with E-state index in [1.807, 2.05) is 57.2 Å². The molecule has 1 aromatic carbocycles. The molecule has 2 aliphatic heterocycles. The minimum absolute atomic E-state index is 0.0899. The lowest BCUT2D eigenvalue weighted by Gasteiger charge is -2.29. The average Bonchev–Trinajstić information content (AvgIpc) is 3.64. The number of nitrogens with zero attached hydrogens (tertiary/aromatic N) is 2. The van der Waals surface area contributed by atoms with Gasteiger partial charge in [0.05, 0.1) is 12.6 Å². The van der Waals surface area contributed by atoms with Crippen LogP contribution in [0.25, 0.3) is 10.4 Å². The lowest BCUT2D eigenvalue weighted by molar-refractivity contribution is -0.144. The fourth-order valence-electron chi connectivity index (χ4n) is 5.28. The summed E-state index contributed by atoms with van der Waals surface area (Å²) in [5, 5.41) is 13.6. The Hall–Kier alpha value is -3.24. The van der Waals surface area contributed by atoms with E-state index in [9.17, 15) is 24.3 Å². The Morgan fingerprint density at radius 1 is 1.08 bits per heavy atom. The number of hydrogen-bond acceptors (Lipinski definition) is 7. The van der Waals surface area contributed by atoms with Gasteiger partial charge in [-0.3, -0.25) is 14.4 Å². The standard InChI is InChI=1S/C29H37N3O6S/c1-5-18(4)26(34)28(36)32-16-22(33)25-21(32)13-14-31(25)27(35)20(15-17(2)3)30-29(37)38-24-12-11-23(39-24)19-9-7-6-8-10-19/h6-12,17-18,20-21,25-26,34H,5,13-16H2,1-4H3,(H,30,37). The van der Waals surface area contributed by atoms with Crippen LogP contribution in [0.1, 0.15) is 47.0 Å². The number of ketones is 1. The Morgan fingerprint density at radius 3 is 2.46 bits per heavy atom. The second kappa shape index (κ2) is 12.3. The number of fused-ring (bicyclic) bond motifs is 1. The van der Waals surface area contributed by atoms with Gasteiger partial charge in [0.1, 0.15) is 18.2 Å². The predicted molar refractivity (Wildman–Crippen MR) is 148 cm³/mol. The van der Waals surface area contributed by atoms with Crippen LogP contribution in [-0.2, 0) is 14.4 Å². The van der Waals surface area contributed by atoms with Crippen LogP contribution in [-0.4, -0.2) is 75.9 Å². The Labute approximate surface area is 233 Å². The lowest BCUT2D eigenvalue weighted by Crippen LogP contribution is -2.53. The van der Waals surface area contributed by atoms with Crippen molar-refractivity contribution in [3.63, 3.8) is 0 Å². The molecular weight excluding hydrogens is 518 g/mol. The molecule has 10 heteroatoms. The molecular formula is C29H37N3O6S. The second-order valence-corrected chi connectivity index (χ2v) is 11.8. The van der Waals surface area contributed by atoms with Gasteiger partial charge in [-0.2, -0.15) is 0 Å². The summed E-state index contributed by atoms with van der Waals surface area (Å²) in [6.07, 6.45) is -0.485. The first-order valence-corrected chi connectivity index (χ1v) is 14.4. The molecule has 4 rings (SSSR count). The molecule has 1 aromatic heterocycles. The Kier molecular flexibility index (Phi) is 9.07. The number of carbonyl (C=O) groups is 4. The van der Waals surface area contributed by atoms with Gasteiger partial charge in [0.2, 0.25) is 5.91 Å². The summed E-state index contributed by atoms with van der Waals surface area (Å²) in [6.45, 7) is 7.74. The molecule has 9 nitrogen and oxygen atoms in total. The number of carbonyl (C=O) groups excluding carboxylic acids is 4. The van der Waals surface area contributed by atoms with E-state index in [0.717, 1.165) is 10.4 Å². The molecule has 39 heavy (non-hydrogen) atoms. The van der Waals surface area contributed by atoms with Crippen molar-refractivity contribution in [1.29, 1.82) is 0 Å². The Balaban J connectivity index is 1.43. The van der Waals surface area contributed by atoms with E-state index >= 15 is 0 Å². The molecule has 0 spiro atoms.